The lowest BCUT2D eigenvalue weighted by Crippen LogP contribution is -2.26. The summed E-state index contributed by atoms with van der Waals surface area (Å²) >= 11 is 0. The summed E-state index contributed by atoms with van der Waals surface area (Å²) in [6, 6.07) is 0. The normalized spacial score (nSPS) is 11.1. The van der Waals surface area contributed by atoms with E-state index >= 15 is 0 Å². The van der Waals surface area contributed by atoms with E-state index in [-0.39, 0.29) is 0 Å². The van der Waals surface area contributed by atoms with Crippen LogP contribution in [0.4, 0.5) is 8.78 Å². The lowest BCUT2D eigenvalue weighted by Gasteiger charge is -2.09. The molecule has 0 aliphatic carbocycles. The Labute approximate surface area is 50.8 Å². The quantitative estimate of drug-likeness (QED) is 0.552. The van der Waals surface area contributed by atoms with Crippen LogP contribution in [0.1, 0.15) is 6.92 Å². The zero-order valence-electron chi connectivity index (χ0n) is 4.86. The summed E-state index contributed by atoms with van der Waals surface area (Å²) in [5.41, 5.74) is 4.67. The minimum absolute atomic E-state index is 0.473. The van der Waals surface area contributed by atoms with E-state index in [2.05, 4.69) is 10.5 Å². The molecule has 0 unspecified atom stereocenters. The first-order valence-electron chi connectivity index (χ1n) is 2.25. The van der Waals surface area contributed by atoms with Gasteiger partial charge in [0.05, 0.1) is 6.54 Å². The first-order chi connectivity index (χ1) is 3.95. The molecular formula is C4H7F2NO2. The van der Waals surface area contributed by atoms with Gasteiger partial charge in [0, 0.05) is 6.92 Å². The standard InChI is InChI=1S/C4H7F2NO2/c1-4(5,6)9-3(8)2-7/h2,7H2,1H3. The fraction of sp³-hybridized carbons (Fsp3) is 0.750. The van der Waals surface area contributed by atoms with E-state index in [1.165, 1.54) is 0 Å². The molecule has 5 heteroatoms. The van der Waals surface area contributed by atoms with Gasteiger partial charge in [0.2, 0.25) is 0 Å². The maximum Gasteiger partial charge on any atom is 0.396 e. The van der Waals surface area contributed by atoms with Crippen molar-refractivity contribution < 1.29 is 18.3 Å². The molecule has 0 heterocycles. The van der Waals surface area contributed by atoms with E-state index in [1.54, 1.807) is 0 Å². The molecule has 0 aromatic heterocycles. The zero-order chi connectivity index (χ0) is 7.49. The van der Waals surface area contributed by atoms with Gasteiger partial charge in [0.1, 0.15) is 0 Å². The van der Waals surface area contributed by atoms with E-state index in [0.717, 1.165) is 0 Å². The molecule has 2 N–H and O–H groups in total. The van der Waals surface area contributed by atoms with E-state index in [4.69, 9.17) is 0 Å². The van der Waals surface area contributed by atoms with Crippen molar-refractivity contribution in [1.82, 2.24) is 0 Å². The van der Waals surface area contributed by atoms with Gasteiger partial charge in [-0.05, 0) is 0 Å². The Kier molecular flexibility index (Phi) is 2.51. The summed E-state index contributed by atoms with van der Waals surface area (Å²) in [7, 11) is 0. The van der Waals surface area contributed by atoms with E-state index in [9.17, 15) is 13.6 Å². The van der Waals surface area contributed by atoms with Gasteiger partial charge in [-0.1, -0.05) is 0 Å². The molecule has 0 aromatic rings. The number of halogens is 2. The Hall–Kier alpha value is -0.710. The number of hydrogen-bond donors (Lipinski definition) is 1. The lowest BCUT2D eigenvalue weighted by atomic mass is 10.6. The van der Waals surface area contributed by atoms with Gasteiger partial charge in [0.15, 0.2) is 0 Å². The second-order valence-electron chi connectivity index (χ2n) is 1.49. The summed E-state index contributed by atoms with van der Waals surface area (Å²) in [5.74, 6) is -1.11. The molecular weight excluding hydrogens is 132 g/mol. The van der Waals surface area contributed by atoms with Crippen molar-refractivity contribution in [2.75, 3.05) is 6.54 Å². The molecule has 0 aromatic carbocycles. The number of rotatable bonds is 2. The Bertz CT molecular complexity index is 110. The SMILES string of the molecule is CC(F)(F)OC(=O)CN. The summed E-state index contributed by atoms with van der Waals surface area (Å²) in [4.78, 5) is 10.0. The Morgan fingerprint density at radius 3 is 2.33 bits per heavy atom. The van der Waals surface area contributed by atoms with Crippen LogP contribution in [0.25, 0.3) is 0 Å². The van der Waals surface area contributed by atoms with Crippen LogP contribution in [0.15, 0.2) is 0 Å². The van der Waals surface area contributed by atoms with Crippen molar-refractivity contribution in [2.24, 2.45) is 5.73 Å². The van der Waals surface area contributed by atoms with Crippen molar-refractivity contribution in [1.29, 1.82) is 0 Å². The van der Waals surface area contributed by atoms with Crippen LogP contribution >= 0.6 is 0 Å². The predicted molar refractivity (Wildman–Crippen MR) is 25.8 cm³/mol. The van der Waals surface area contributed by atoms with Gasteiger partial charge in [-0.3, -0.25) is 4.79 Å². The molecule has 0 bridgehead atoms. The number of carbonyl (C=O) groups is 1. The number of esters is 1. The minimum atomic E-state index is -3.41. The highest BCUT2D eigenvalue weighted by Gasteiger charge is 2.25. The van der Waals surface area contributed by atoms with Crippen LogP contribution in [-0.4, -0.2) is 18.6 Å². The van der Waals surface area contributed by atoms with Gasteiger partial charge < -0.3 is 10.5 Å². The predicted octanol–water partition coefficient (Wildman–Crippen LogP) is 0.101. The molecule has 0 aliphatic rings. The van der Waals surface area contributed by atoms with Gasteiger partial charge >= 0.3 is 12.1 Å². The maximum absolute atomic E-state index is 11.7. The van der Waals surface area contributed by atoms with Crippen molar-refractivity contribution in [3.63, 3.8) is 0 Å². The number of ether oxygens (including phenoxy) is 1. The largest absolute Gasteiger partial charge is 0.400 e. The van der Waals surface area contributed by atoms with Crippen LogP contribution in [0.2, 0.25) is 0 Å². The fourth-order valence-electron chi connectivity index (χ4n) is 0.242. The first kappa shape index (κ1) is 8.29. The van der Waals surface area contributed by atoms with Crippen molar-refractivity contribution in [3.8, 4) is 0 Å². The van der Waals surface area contributed by atoms with E-state index in [0.29, 0.717) is 6.92 Å². The smallest absolute Gasteiger partial charge is 0.396 e. The minimum Gasteiger partial charge on any atom is -0.400 e. The Morgan fingerprint density at radius 2 is 2.22 bits per heavy atom. The van der Waals surface area contributed by atoms with Crippen LogP contribution in [-0.2, 0) is 9.53 Å². The number of hydrogen-bond acceptors (Lipinski definition) is 3. The van der Waals surface area contributed by atoms with Gasteiger partial charge in [-0.15, -0.1) is 0 Å². The van der Waals surface area contributed by atoms with Crippen LogP contribution in [0.3, 0.4) is 0 Å². The first-order valence-corrected chi connectivity index (χ1v) is 2.25. The molecule has 0 atom stereocenters. The second-order valence-corrected chi connectivity index (χ2v) is 1.49. The summed E-state index contributed by atoms with van der Waals surface area (Å²) in [6.07, 6.45) is -3.41. The van der Waals surface area contributed by atoms with Crippen molar-refractivity contribution in [3.05, 3.63) is 0 Å². The molecule has 0 aliphatic heterocycles. The molecule has 0 spiro atoms. The number of alkyl halides is 2. The fourth-order valence-corrected chi connectivity index (χ4v) is 0.242. The summed E-state index contributed by atoms with van der Waals surface area (Å²) in [5, 5.41) is 0. The topological polar surface area (TPSA) is 52.3 Å². The highest BCUT2D eigenvalue weighted by Crippen LogP contribution is 2.12. The molecule has 0 amide bonds. The van der Waals surface area contributed by atoms with E-state index in [1.807, 2.05) is 0 Å². The molecule has 0 rings (SSSR count). The average molecular weight is 139 g/mol. The zero-order valence-corrected chi connectivity index (χ0v) is 4.86. The van der Waals surface area contributed by atoms with Crippen LogP contribution in [0, 0.1) is 0 Å². The second kappa shape index (κ2) is 2.72. The monoisotopic (exact) mass is 139 g/mol. The van der Waals surface area contributed by atoms with Crippen molar-refractivity contribution in [2.45, 2.75) is 13.0 Å². The third-order valence-electron chi connectivity index (χ3n) is 0.460. The summed E-state index contributed by atoms with van der Waals surface area (Å²) < 4.78 is 26.8. The molecule has 0 fully saturated rings. The molecule has 54 valence electrons. The maximum atomic E-state index is 11.7. The van der Waals surface area contributed by atoms with Crippen LogP contribution < -0.4 is 5.73 Å². The molecule has 9 heavy (non-hydrogen) atoms. The number of carbonyl (C=O) groups excluding carboxylic acids is 1. The Morgan fingerprint density at radius 1 is 1.78 bits per heavy atom. The molecule has 3 nitrogen and oxygen atoms in total. The lowest BCUT2D eigenvalue weighted by molar-refractivity contribution is -0.221. The van der Waals surface area contributed by atoms with Gasteiger partial charge in [-0.25, -0.2) is 0 Å². The molecule has 0 radical (unpaired) electrons. The molecule has 0 saturated heterocycles. The third-order valence-corrected chi connectivity index (χ3v) is 0.460. The Balaban J connectivity index is 3.60. The average Bonchev–Trinajstić information content (AvgIpc) is 1.62. The van der Waals surface area contributed by atoms with Gasteiger partial charge in [-0.2, -0.15) is 8.78 Å². The number of nitrogens with two attached hydrogens (primary N) is 1. The third kappa shape index (κ3) is 5.16. The van der Waals surface area contributed by atoms with Crippen molar-refractivity contribution >= 4 is 5.97 Å². The highest BCUT2D eigenvalue weighted by molar-refractivity contribution is 5.71. The van der Waals surface area contributed by atoms with Gasteiger partial charge in [0.25, 0.3) is 0 Å². The summed E-state index contributed by atoms with van der Waals surface area (Å²) in [6.45, 7) is -0.0516. The van der Waals surface area contributed by atoms with Crippen LogP contribution in [0.5, 0.6) is 0 Å². The highest BCUT2D eigenvalue weighted by atomic mass is 19.3. The molecule has 0 saturated carbocycles. The van der Waals surface area contributed by atoms with E-state index < -0.39 is 18.6 Å².